The second-order valence-corrected chi connectivity index (χ2v) is 4.11. The van der Waals surface area contributed by atoms with Crippen LogP contribution in [0.1, 0.15) is 33.6 Å². The van der Waals surface area contributed by atoms with Crippen LogP contribution in [0, 0.1) is 5.92 Å². The lowest BCUT2D eigenvalue weighted by Crippen LogP contribution is -2.31. The average molecular weight is 184 g/mol. The number of rotatable bonds is 4. The van der Waals surface area contributed by atoms with E-state index in [1.54, 1.807) is 0 Å². The van der Waals surface area contributed by atoms with Crippen LogP contribution in [0.2, 0.25) is 0 Å². The molecule has 1 unspecified atom stereocenters. The molecule has 13 heavy (non-hydrogen) atoms. The molecule has 1 aliphatic heterocycles. The van der Waals surface area contributed by atoms with Crippen molar-refractivity contribution in [3.05, 3.63) is 0 Å². The van der Waals surface area contributed by atoms with Gasteiger partial charge in [0.05, 0.1) is 12.7 Å². The molecular formula is C10H20N2O. The van der Waals surface area contributed by atoms with Gasteiger partial charge in [0.25, 0.3) is 0 Å². The van der Waals surface area contributed by atoms with Gasteiger partial charge in [0.1, 0.15) is 0 Å². The van der Waals surface area contributed by atoms with Crippen LogP contribution >= 0.6 is 0 Å². The SMILES string of the molecule is CCC1NCN(CCC(C)C)C1=O. The first-order valence-corrected chi connectivity index (χ1v) is 5.17. The molecule has 1 amide bonds. The first-order valence-electron chi connectivity index (χ1n) is 5.17. The van der Waals surface area contributed by atoms with Crippen molar-refractivity contribution in [3.8, 4) is 0 Å². The molecule has 0 bridgehead atoms. The standard InChI is InChI=1S/C10H20N2O/c1-4-9-10(13)12(7-11-9)6-5-8(2)3/h8-9,11H,4-7H2,1-3H3. The molecule has 1 heterocycles. The van der Waals surface area contributed by atoms with Crippen molar-refractivity contribution in [2.75, 3.05) is 13.2 Å². The Kier molecular flexibility index (Phi) is 3.72. The van der Waals surface area contributed by atoms with Crippen LogP contribution in [0.4, 0.5) is 0 Å². The summed E-state index contributed by atoms with van der Waals surface area (Å²) in [7, 11) is 0. The maximum absolute atomic E-state index is 11.6. The Morgan fingerprint density at radius 3 is 2.77 bits per heavy atom. The van der Waals surface area contributed by atoms with Crippen LogP contribution in [0.25, 0.3) is 0 Å². The van der Waals surface area contributed by atoms with E-state index < -0.39 is 0 Å². The summed E-state index contributed by atoms with van der Waals surface area (Å²) < 4.78 is 0. The average Bonchev–Trinajstić information content (AvgIpc) is 2.43. The molecule has 1 N–H and O–H groups in total. The molecule has 1 rings (SSSR count). The van der Waals surface area contributed by atoms with Gasteiger partial charge in [-0.3, -0.25) is 10.1 Å². The topological polar surface area (TPSA) is 32.3 Å². The van der Waals surface area contributed by atoms with Crippen molar-refractivity contribution in [3.63, 3.8) is 0 Å². The molecular weight excluding hydrogens is 164 g/mol. The van der Waals surface area contributed by atoms with Gasteiger partial charge in [-0.05, 0) is 18.8 Å². The van der Waals surface area contributed by atoms with Crippen LogP contribution in [-0.4, -0.2) is 30.1 Å². The van der Waals surface area contributed by atoms with E-state index in [4.69, 9.17) is 0 Å². The highest BCUT2D eigenvalue weighted by atomic mass is 16.2. The molecule has 0 saturated carbocycles. The number of nitrogens with zero attached hydrogens (tertiary/aromatic N) is 1. The first kappa shape index (κ1) is 10.5. The van der Waals surface area contributed by atoms with Crippen molar-refractivity contribution in [2.24, 2.45) is 5.92 Å². The lowest BCUT2D eigenvalue weighted by Gasteiger charge is -2.16. The van der Waals surface area contributed by atoms with Crippen molar-refractivity contribution in [2.45, 2.75) is 39.7 Å². The smallest absolute Gasteiger partial charge is 0.240 e. The zero-order valence-electron chi connectivity index (χ0n) is 8.84. The van der Waals surface area contributed by atoms with E-state index in [1.807, 2.05) is 11.8 Å². The molecule has 0 aromatic carbocycles. The van der Waals surface area contributed by atoms with E-state index in [0.717, 1.165) is 26.1 Å². The number of amides is 1. The van der Waals surface area contributed by atoms with E-state index in [-0.39, 0.29) is 11.9 Å². The molecule has 0 aromatic heterocycles. The van der Waals surface area contributed by atoms with Gasteiger partial charge in [-0.1, -0.05) is 20.8 Å². The van der Waals surface area contributed by atoms with E-state index >= 15 is 0 Å². The van der Waals surface area contributed by atoms with Crippen LogP contribution in [0.5, 0.6) is 0 Å². The summed E-state index contributed by atoms with van der Waals surface area (Å²) >= 11 is 0. The Morgan fingerprint density at radius 2 is 2.31 bits per heavy atom. The number of carbonyl (C=O) groups excluding carboxylic acids is 1. The van der Waals surface area contributed by atoms with E-state index in [1.165, 1.54) is 0 Å². The third-order valence-corrected chi connectivity index (χ3v) is 2.52. The predicted octanol–water partition coefficient (Wildman–Crippen LogP) is 1.20. The van der Waals surface area contributed by atoms with Crippen molar-refractivity contribution in [1.82, 2.24) is 10.2 Å². The molecule has 1 fully saturated rings. The zero-order chi connectivity index (χ0) is 9.84. The Balaban J connectivity index is 2.33. The lowest BCUT2D eigenvalue weighted by molar-refractivity contribution is -0.129. The van der Waals surface area contributed by atoms with Crippen LogP contribution in [0.3, 0.4) is 0 Å². The monoisotopic (exact) mass is 184 g/mol. The summed E-state index contributed by atoms with van der Waals surface area (Å²) in [6.45, 7) is 8.06. The minimum Gasteiger partial charge on any atom is -0.329 e. The molecule has 1 aliphatic rings. The Bertz CT molecular complexity index is 180. The van der Waals surface area contributed by atoms with Crippen LogP contribution in [-0.2, 0) is 4.79 Å². The predicted molar refractivity (Wildman–Crippen MR) is 53.2 cm³/mol. The normalized spacial score (nSPS) is 23.2. The Morgan fingerprint density at radius 1 is 1.62 bits per heavy atom. The quantitative estimate of drug-likeness (QED) is 0.712. The summed E-state index contributed by atoms with van der Waals surface area (Å²) in [5.74, 6) is 0.955. The van der Waals surface area contributed by atoms with E-state index in [2.05, 4.69) is 19.2 Å². The third-order valence-electron chi connectivity index (χ3n) is 2.52. The highest BCUT2D eigenvalue weighted by molar-refractivity contribution is 5.83. The minimum atomic E-state index is 0.0761. The summed E-state index contributed by atoms with van der Waals surface area (Å²) in [6, 6.07) is 0.0761. The van der Waals surface area contributed by atoms with Gasteiger partial charge in [0, 0.05) is 6.54 Å². The Labute approximate surface area is 80.5 Å². The molecule has 0 radical (unpaired) electrons. The zero-order valence-corrected chi connectivity index (χ0v) is 8.84. The summed E-state index contributed by atoms with van der Waals surface area (Å²) in [6.07, 6.45) is 2.00. The highest BCUT2D eigenvalue weighted by Gasteiger charge is 2.28. The number of hydrogen-bond donors (Lipinski definition) is 1. The van der Waals surface area contributed by atoms with Crippen LogP contribution < -0.4 is 5.32 Å². The van der Waals surface area contributed by atoms with Gasteiger partial charge in [-0.2, -0.15) is 0 Å². The third kappa shape index (κ3) is 2.69. The molecule has 0 spiro atoms. The fraction of sp³-hybridized carbons (Fsp3) is 0.900. The fourth-order valence-electron chi connectivity index (χ4n) is 1.53. The number of hydrogen-bond acceptors (Lipinski definition) is 2. The molecule has 1 atom stereocenters. The molecule has 3 heteroatoms. The van der Waals surface area contributed by atoms with Crippen LogP contribution in [0.15, 0.2) is 0 Å². The van der Waals surface area contributed by atoms with Crippen molar-refractivity contribution in [1.29, 1.82) is 0 Å². The number of nitrogens with one attached hydrogen (secondary N) is 1. The molecule has 3 nitrogen and oxygen atoms in total. The molecule has 0 aliphatic carbocycles. The Hall–Kier alpha value is -0.570. The molecule has 76 valence electrons. The molecule has 0 aromatic rings. The second-order valence-electron chi connectivity index (χ2n) is 4.11. The van der Waals surface area contributed by atoms with Gasteiger partial charge in [-0.25, -0.2) is 0 Å². The summed E-state index contributed by atoms with van der Waals surface area (Å²) in [5, 5.41) is 3.21. The van der Waals surface area contributed by atoms with Gasteiger partial charge < -0.3 is 4.90 Å². The minimum absolute atomic E-state index is 0.0761. The largest absolute Gasteiger partial charge is 0.329 e. The van der Waals surface area contributed by atoms with Crippen molar-refractivity contribution >= 4 is 5.91 Å². The second kappa shape index (κ2) is 4.61. The van der Waals surface area contributed by atoms with Gasteiger partial charge in [0.15, 0.2) is 0 Å². The molecule has 1 saturated heterocycles. The lowest BCUT2D eigenvalue weighted by atomic mass is 10.1. The van der Waals surface area contributed by atoms with Gasteiger partial charge in [0.2, 0.25) is 5.91 Å². The first-order chi connectivity index (χ1) is 6.15. The summed E-state index contributed by atoms with van der Waals surface area (Å²) in [5.41, 5.74) is 0. The van der Waals surface area contributed by atoms with Crippen molar-refractivity contribution < 1.29 is 4.79 Å². The summed E-state index contributed by atoms with van der Waals surface area (Å²) in [4.78, 5) is 13.5. The number of carbonyl (C=O) groups is 1. The highest BCUT2D eigenvalue weighted by Crippen LogP contribution is 2.09. The fourth-order valence-corrected chi connectivity index (χ4v) is 1.53. The van der Waals surface area contributed by atoms with E-state index in [0.29, 0.717) is 5.92 Å². The van der Waals surface area contributed by atoms with Gasteiger partial charge in [-0.15, -0.1) is 0 Å². The maximum atomic E-state index is 11.6. The van der Waals surface area contributed by atoms with E-state index in [9.17, 15) is 4.79 Å². The van der Waals surface area contributed by atoms with Gasteiger partial charge >= 0.3 is 0 Å². The maximum Gasteiger partial charge on any atom is 0.240 e.